The molecule has 1 unspecified atom stereocenters. The van der Waals surface area contributed by atoms with Crippen molar-refractivity contribution in [2.24, 2.45) is 0 Å². The Bertz CT molecular complexity index is 1000. The van der Waals surface area contributed by atoms with Crippen LogP contribution >= 0.6 is 0 Å². The van der Waals surface area contributed by atoms with Crippen LogP contribution in [0.3, 0.4) is 0 Å². The quantitative estimate of drug-likeness (QED) is 0.645. The number of benzene rings is 2. The Kier molecular flexibility index (Phi) is 5.09. The number of nitrogens with one attached hydrogen (secondary N) is 3. The zero-order valence-corrected chi connectivity index (χ0v) is 14.5. The van der Waals surface area contributed by atoms with E-state index in [1.54, 1.807) is 24.3 Å². The van der Waals surface area contributed by atoms with Crippen molar-refractivity contribution in [2.45, 2.75) is 13.0 Å². The van der Waals surface area contributed by atoms with Crippen molar-refractivity contribution in [1.29, 1.82) is 0 Å². The SMILES string of the molecule is C[C@@H](c1nc2ccccc2c(=O)[nH]1)[NH+](C)CC(=O)Nc1cccc(F)c1. The molecule has 0 fully saturated rings. The number of halogens is 1. The summed E-state index contributed by atoms with van der Waals surface area (Å²) in [6.07, 6.45) is 0. The number of rotatable bonds is 5. The van der Waals surface area contributed by atoms with Crippen LogP contribution in [-0.4, -0.2) is 29.5 Å². The maximum Gasteiger partial charge on any atom is 0.279 e. The van der Waals surface area contributed by atoms with Crippen LogP contribution in [0.1, 0.15) is 18.8 Å². The van der Waals surface area contributed by atoms with Crippen LogP contribution in [0.25, 0.3) is 10.9 Å². The number of anilines is 1. The van der Waals surface area contributed by atoms with E-state index in [0.29, 0.717) is 22.4 Å². The molecule has 2 aromatic carbocycles. The number of quaternary nitrogens is 1. The van der Waals surface area contributed by atoms with E-state index in [4.69, 9.17) is 0 Å². The van der Waals surface area contributed by atoms with E-state index in [0.717, 1.165) is 4.90 Å². The molecule has 3 rings (SSSR count). The highest BCUT2D eigenvalue weighted by atomic mass is 19.1. The second-order valence-electron chi connectivity index (χ2n) is 6.27. The second-order valence-corrected chi connectivity index (χ2v) is 6.27. The molecule has 0 spiro atoms. The van der Waals surface area contributed by atoms with Crippen LogP contribution in [0.15, 0.2) is 53.3 Å². The van der Waals surface area contributed by atoms with E-state index in [2.05, 4.69) is 15.3 Å². The topological polar surface area (TPSA) is 79.3 Å². The molecule has 2 atom stereocenters. The van der Waals surface area contributed by atoms with Gasteiger partial charge in [0.25, 0.3) is 11.5 Å². The molecule has 0 saturated heterocycles. The van der Waals surface area contributed by atoms with Crippen molar-refractivity contribution >= 4 is 22.5 Å². The Morgan fingerprint density at radius 1 is 1.27 bits per heavy atom. The Balaban J connectivity index is 1.72. The summed E-state index contributed by atoms with van der Waals surface area (Å²) in [5.41, 5.74) is 0.831. The van der Waals surface area contributed by atoms with Crippen LogP contribution in [0, 0.1) is 5.82 Å². The van der Waals surface area contributed by atoms with Gasteiger partial charge in [-0.3, -0.25) is 9.59 Å². The van der Waals surface area contributed by atoms with Crippen LogP contribution in [-0.2, 0) is 4.79 Å². The lowest BCUT2D eigenvalue weighted by atomic mass is 10.2. The molecule has 6 nitrogen and oxygen atoms in total. The summed E-state index contributed by atoms with van der Waals surface area (Å²) in [5, 5.41) is 3.20. The number of hydrogen-bond donors (Lipinski definition) is 3. The minimum atomic E-state index is -0.408. The maximum atomic E-state index is 13.2. The van der Waals surface area contributed by atoms with Crippen LogP contribution in [0.2, 0.25) is 0 Å². The van der Waals surface area contributed by atoms with E-state index in [9.17, 15) is 14.0 Å². The molecule has 0 radical (unpaired) electrons. The van der Waals surface area contributed by atoms with E-state index in [-0.39, 0.29) is 24.1 Å². The first-order valence-corrected chi connectivity index (χ1v) is 8.30. The van der Waals surface area contributed by atoms with E-state index >= 15 is 0 Å². The molecule has 1 aromatic heterocycles. The lowest BCUT2D eigenvalue weighted by molar-refractivity contribution is -0.902. The summed E-state index contributed by atoms with van der Waals surface area (Å²) < 4.78 is 13.2. The van der Waals surface area contributed by atoms with Gasteiger partial charge in [0.2, 0.25) is 0 Å². The summed E-state index contributed by atoms with van der Waals surface area (Å²) in [6.45, 7) is 2.03. The molecular formula is C19H20FN4O2+. The summed E-state index contributed by atoms with van der Waals surface area (Å²) in [4.78, 5) is 32.5. The summed E-state index contributed by atoms with van der Waals surface area (Å²) in [6, 6.07) is 12.7. The van der Waals surface area contributed by atoms with Gasteiger partial charge in [-0.1, -0.05) is 18.2 Å². The smallest absolute Gasteiger partial charge is 0.279 e. The number of aromatic nitrogens is 2. The van der Waals surface area contributed by atoms with Gasteiger partial charge in [-0.2, -0.15) is 0 Å². The third-order valence-electron chi connectivity index (χ3n) is 4.33. The number of nitrogens with zero attached hydrogens (tertiary/aromatic N) is 1. The molecular weight excluding hydrogens is 335 g/mol. The van der Waals surface area contributed by atoms with Gasteiger partial charge < -0.3 is 15.2 Å². The number of carbonyl (C=O) groups is 1. The molecule has 1 heterocycles. The molecule has 1 amide bonds. The first-order valence-electron chi connectivity index (χ1n) is 8.30. The monoisotopic (exact) mass is 355 g/mol. The Morgan fingerprint density at radius 2 is 2.04 bits per heavy atom. The van der Waals surface area contributed by atoms with E-state index in [1.807, 2.05) is 20.0 Å². The highest BCUT2D eigenvalue weighted by Crippen LogP contribution is 2.10. The fraction of sp³-hybridized carbons (Fsp3) is 0.211. The van der Waals surface area contributed by atoms with Crippen LogP contribution < -0.4 is 15.8 Å². The molecule has 0 aliphatic rings. The van der Waals surface area contributed by atoms with Crippen LogP contribution in [0.5, 0.6) is 0 Å². The average molecular weight is 355 g/mol. The van der Waals surface area contributed by atoms with Gasteiger partial charge in [-0.25, -0.2) is 9.37 Å². The Morgan fingerprint density at radius 3 is 2.81 bits per heavy atom. The number of amides is 1. The largest absolute Gasteiger partial charge is 0.321 e. The minimum Gasteiger partial charge on any atom is -0.321 e. The maximum absolute atomic E-state index is 13.2. The van der Waals surface area contributed by atoms with E-state index in [1.165, 1.54) is 18.2 Å². The number of hydrogen-bond acceptors (Lipinski definition) is 3. The van der Waals surface area contributed by atoms with Gasteiger partial charge >= 0.3 is 0 Å². The molecule has 0 aliphatic carbocycles. The molecule has 7 heteroatoms. The highest BCUT2D eigenvalue weighted by molar-refractivity contribution is 5.91. The predicted octanol–water partition coefficient (Wildman–Crippen LogP) is 1.28. The number of aromatic amines is 1. The van der Waals surface area contributed by atoms with Gasteiger partial charge in [0, 0.05) is 5.69 Å². The first-order chi connectivity index (χ1) is 12.4. The summed E-state index contributed by atoms with van der Waals surface area (Å²) >= 11 is 0. The van der Waals surface area contributed by atoms with Gasteiger partial charge in [-0.15, -0.1) is 0 Å². The van der Waals surface area contributed by atoms with Crippen molar-refractivity contribution in [3.63, 3.8) is 0 Å². The summed E-state index contributed by atoms with van der Waals surface area (Å²) in [7, 11) is 1.84. The number of para-hydroxylation sites is 1. The normalized spacial score (nSPS) is 13.3. The Hall–Kier alpha value is -3.06. The fourth-order valence-electron chi connectivity index (χ4n) is 2.72. The third-order valence-corrected chi connectivity index (χ3v) is 4.33. The van der Waals surface area contributed by atoms with Gasteiger partial charge in [-0.05, 0) is 37.3 Å². The van der Waals surface area contributed by atoms with Crippen molar-refractivity contribution in [2.75, 3.05) is 18.9 Å². The average Bonchev–Trinajstić information content (AvgIpc) is 2.61. The highest BCUT2D eigenvalue weighted by Gasteiger charge is 2.21. The van der Waals surface area contributed by atoms with Crippen molar-refractivity contribution in [1.82, 2.24) is 9.97 Å². The number of H-pyrrole nitrogens is 1. The molecule has 134 valence electrons. The minimum absolute atomic E-state index is 0.147. The van der Waals surface area contributed by atoms with E-state index < -0.39 is 5.82 Å². The summed E-state index contributed by atoms with van der Waals surface area (Å²) in [5.74, 6) is -0.136. The molecule has 3 N–H and O–H groups in total. The Labute approximate surface area is 149 Å². The number of likely N-dealkylation sites (N-methyl/N-ethyl adjacent to an activating group) is 1. The van der Waals surface area contributed by atoms with Gasteiger partial charge in [0.15, 0.2) is 12.4 Å². The molecule has 0 bridgehead atoms. The molecule has 0 saturated carbocycles. The lowest BCUT2D eigenvalue weighted by Crippen LogP contribution is -3.10. The van der Waals surface area contributed by atoms with Crippen molar-refractivity contribution in [3.8, 4) is 0 Å². The zero-order valence-electron chi connectivity index (χ0n) is 14.5. The van der Waals surface area contributed by atoms with Gasteiger partial charge in [0.1, 0.15) is 11.9 Å². The van der Waals surface area contributed by atoms with Gasteiger partial charge in [0.05, 0.1) is 18.0 Å². The first kappa shape index (κ1) is 17.8. The predicted molar refractivity (Wildman–Crippen MR) is 97.6 cm³/mol. The lowest BCUT2D eigenvalue weighted by Gasteiger charge is -2.20. The standard InChI is InChI=1S/C19H19FN4O2/c1-12(18-22-16-9-4-3-8-15(16)19(26)23-18)24(2)11-17(25)21-14-7-5-6-13(20)10-14/h3-10,12H,11H2,1-2H3,(H,21,25)(H,22,23,26)/p+1/t12-/m0/s1. The number of carbonyl (C=O) groups excluding carboxylic acids is 1. The van der Waals surface area contributed by atoms with Crippen LogP contribution in [0.4, 0.5) is 10.1 Å². The number of fused-ring (bicyclic) bond motifs is 1. The molecule has 26 heavy (non-hydrogen) atoms. The molecule has 3 aromatic rings. The van der Waals surface area contributed by atoms with Crippen molar-refractivity contribution < 1.29 is 14.1 Å². The third kappa shape index (κ3) is 3.94. The molecule has 0 aliphatic heterocycles. The zero-order chi connectivity index (χ0) is 18.7. The van der Waals surface area contributed by atoms with Crippen molar-refractivity contribution in [3.05, 3.63) is 70.5 Å². The fourth-order valence-corrected chi connectivity index (χ4v) is 2.72. The second kappa shape index (κ2) is 7.45.